The molecule has 2 nitrogen and oxygen atoms in total. The molecule has 16 heavy (non-hydrogen) atoms. The summed E-state index contributed by atoms with van der Waals surface area (Å²) >= 11 is 0. The van der Waals surface area contributed by atoms with Crippen molar-refractivity contribution in [2.45, 2.75) is 66.6 Å². The minimum Gasteiger partial charge on any atom is -0.375 e. The van der Waals surface area contributed by atoms with Crippen molar-refractivity contribution in [3.8, 4) is 0 Å². The van der Waals surface area contributed by atoms with Crippen LogP contribution in [0.5, 0.6) is 0 Å². The molecule has 0 aromatic rings. The molecule has 1 saturated heterocycles. The van der Waals surface area contributed by atoms with E-state index >= 15 is 0 Å². The molecular weight excluding hydrogens is 198 g/mol. The van der Waals surface area contributed by atoms with Crippen molar-refractivity contribution in [2.75, 3.05) is 13.1 Å². The maximum atomic E-state index is 6.10. The summed E-state index contributed by atoms with van der Waals surface area (Å²) in [4.78, 5) is 0. The second-order valence-electron chi connectivity index (χ2n) is 6.97. The molecule has 1 aliphatic rings. The fourth-order valence-corrected chi connectivity index (χ4v) is 3.04. The summed E-state index contributed by atoms with van der Waals surface area (Å²) in [6.07, 6.45) is 3.04. The van der Waals surface area contributed by atoms with Gasteiger partial charge in [0, 0.05) is 6.54 Å². The van der Waals surface area contributed by atoms with E-state index in [9.17, 15) is 0 Å². The summed E-state index contributed by atoms with van der Waals surface area (Å²) in [6, 6.07) is 0. The first-order valence-electron chi connectivity index (χ1n) is 6.59. The summed E-state index contributed by atoms with van der Waals surface area (Å²) in [5, 5.41) is 3.54. The summed E-state index contributed by atoms with van der Waals surface area (Å²) in [6.45, 7) is 15.9. The Bertz CT molecular complexity index is 221. The van der Waals surface area contributed by atoms with E-state index in [1.807, 2.05) is 0 Å². The van der Waals surface area contributed by atoms with Crippen LogP contribution < -0.4 is 5.32 Å². The summed E-state index contributed by atoms with van der Waals surface area (Å²) < 4.78 is 6.10. The topological polar surface area (TPSA) is 21.3 Å². The fraction of sp³-hybridized carbons (Fsp3) is 1.00. The van der Waals surface area contributed by atoms with Gasteiger partial charge >= 0.3 is 0 Å². The highest BCUT2D eigenvalue weighted by Gasteiger charge is 2.37. The van der Waals surface area contributed by atoms with Gasteiger partial charge in [-0.3, -0.25) is 0 Å². The number of hydrogen-bond acceptors (Lipinski definition) is 2. The van der Waals surface area contributed by atoms with Gasteiger partial charge in [0.1, 0.15) is 0 Å². The quantitative estimate of drug-likeness (QED) is 0.782. The minimum absolute atomic E-state index is 0.274. The summed E-state index contributed by atoms with van der Waals surface area (Å²) in [5.41, 5.74) is 0.637. The normalized spacial score (nSPS) is 29.8. The lowest BCUT2D eigenvalue weighted by atomic mass is 9.70. The predicted molar refractivity (Wildman–Crippen MR) is 69.7 cm³/mol. The van der Waals surface area contributed by atoms with Crippen LogP contribution in [0, 0.1) is 10.8 Å². The molecule has 2 heteroatoms. The molecule has 0 aromatic carbocycles. The zero-order valence-electron chi connectivity index (χ0n) is 11.9. The highest BCUT2D eigenvalue weighted by atomic mass is 16.5. The lowest BCUT2D eigenvalue weighted by molar-refractivity contribution is -0.0804. The van der Waals surface area contributed by atoms with Gasteiger partial charge < -0.3 is 10.1 Å². The molecule has 1 fully saturated rings. The van der Waals surface area contributed by atoms with Gasteiger partial charge in [0.15, 0.2) is 0 Å². The smallest absolute Gasteiger partial charge is 0.0641 e. The molecule has 1 N–H and O–H groups in total. The lowest BCUT2D eigenvalue weighted by Crippen LogP contribution is -2.45. The monoisotopic (exact) mass is 227 g/mol. The van der Waals surface area contributed by atoms with Gasteiger partial charge in [-0.2, -0.15) is 0 Å². The number of ether oxygens (including phenoxy) is 1. The van der Waals surface area contributed by atoms with E-state index in [0.29, 0.717) is 17.6 Å². The zero-order chi connectivity index (χ0) is 12.4. The Morgan fingerprint density at radius 2 is 1.81 bits per heavy atom. The number of rotatable bonds is 2. The molecule has 0 saturated carbocycles. The highest BCUT2D eigenvalue weighted by molar-refractivity contribution is 4.89. The first kappa shape index (κ1) is 14.0. The minimum atomic E-state index is 0.274. The second-order valence-corrected chi connectivity index (χ2v) is 6.97. The first-order valence-corrected chi connectivity index (χ1v) is 6.59. The molecule has 0 aliphatic carbocycles. The van der Waals surface area contributed by atoms with Crippen molar-refractivity contribution in [3.63, 3.8) is 0 Å². The third-order valence-electron chi connectivity index (χ3n) is 3.43. The van der Waals surface area contributed by atoms with Crippen molar-refractivity contribution < 1.29 is 4.74 Å². The van der Waals surface area contributed by atoms with Crippen LogP contribution in [-0.2, 0) is 4.74 Å². The van der Waals surface area contributed by atoms with E-state index in [1.165, 1.54) is 6.42 Å². The fourth-order valence-electron chi connectivity index (χ4n) is 3.04. The average Bonchev–Trinajstić information content (AvgIpc) is 2.06. The molecule has 96 valence electrons. The molecule has 0 bridgehead atoms. The third kappa shape index (κ3) is 4.06. The van der Waals surface area contributed by atoms with Gasteiger partial charge in [-0.25, -0.2) is 0 Å². The lowest BCUT2D eigenvalue weighted by Gasteiger charge is -2.43. The Kier molecular flexibility index (Phi) is 4.42. The molecule has 0 aromatic heterocycles. The SMILES string of the molecule is CC(C)OC1CCNCC(C)(C)CC1(C)C. The Morgan fingerprint density at radius 3 is 2.38 bits per heavy atom. The van der Waals surface area contributed by atoms with Crippen LogP contribution in [0.3, 0.4) is 0 Å². The van der Waals surface area contributed by atoms with Crippen LogP contribution in [0.1, 0.15) is 54.4 Å². The van der Waals surface area contributed by atoms with Gasteiger partial charge in [0.2, 0.25) is 0 Å². The predicted octanol–water partition coefficient (Wildman–Crippen LogP) is 3.22. The van der Waals surface area contributed by atoms with Crippen molar-refractivity contribution in [2.24, 2.45) is 10.8 Å². The Labute approximate surface area is 101 Å². The molecular formula is C14H29NO. The van der Waals surface area contributed by atoms with Gasteiger partial charge in [0.05, 0.1) is 12.2 Å². The van der Waals surface area contributed by atoms with Gasteiger partial charge in [-0.05, 0) is 44.1 Å². The van der Waals surface area contributed by atoms with E-state index < -0.39 is 0 Å². The van der Waals surface area contributed by atoms with E-state index in [0.717, 1.165) is 19.5 Å². The third-order valence-corrected chi connectivity index (χ3v) is 3.43. The van der Waals surface area contributed by atoms with E-state index in [-0.39, 0.29) is 5.41 Å². The molecule has 1 heterocycles. The van der Waals surface area contributed by atoms with Crippen LogP contribution >= 0.6 is 0 Å². The largest absolute Gasteiger partial charge is 0.375 e. The first-order chi connectivity index (χ1) is 7.23. The van der Waals surface area contributed by atoms with Crippen LogP contribution in [0.25, 0.3) is 0 Å². The maximum Gasteiger partial charge on any atom is 0.0641 e. The zero-order valence-corrected chi connectivity index (χ0v) is 11.9. The van der Waals surface area contributed by atoms with Crippen LogP contribution in [-0.4, -0.2) is 25.3 Å². The Balaban J connectivity index is 2.74. The number of nitrogens with one attached hydrogen (secondary N) is 1. The van der Waals surface area contributed by atoms with Crippen LogP contribution in [0.4, 0.5) is 0 Å². The molecule has 0 spiro atoms. The van der Waals surface area contributed by atoms with Crippen LogP contribution in [0.2, 0.25) is 0 Å². The Morgan fingerprint density at radius 1 is 1.19 bits per heavy atom. The molecule has 0 radical (unpaired) electrons. The average molecular weight is 227 g/mol. The van der Waals surface area contributed by atoms with Crippen LogP contribution in [0.15, 0.2) is 0 Å². The molecule has 0 amide bonds. The molecule has 1 atom stereocenters. The van der Waals surface area contributed by atoms with Crippen molar-refractivity contribution in [3.05, 3.63) is 0 Å². The van der Waals surface area contributed by atoms with Gasteiger partial charge in [-0.15, -0.1) is 0 Å². The van der Waals surface area contributed by atoms with Crippen molar-refractivity contribution in [1.29, 1.82) is 0 Å². The highest BCUT2D eigenvalue weighted by Crippen LogP contribution is 2.39. The molecule has 1 unspecified atom stereocenters. The van der Waals surface area contributed by atoms with Gasteiger partial charge in [-0.1, -0.05) is 27.7 Å². The van der Waals surface area contributed by atoms with Gasteiger partial charge in [0.25, 0.3) is 0 Å². The summed E-state index contributed by atoms with van der Waals surface area (Å²) in [5.74, 6) is 0. The molecule has 1 aliphatic heterocycles. The Hall–Kier alpha value is -0.0800. The second kappa shape index (κ2) is 5.05. The van der Waals surface area contributed by atoms with E-state index in [2.05, 4.69) is 46.9 Å². The van der Waals surface area contributed by atoms with E-state index in [1.54, 1.807) is 0 Å². The van der Waals surface area contributed by atoms with Crippen molar-refractivity contribution >= 4 is 0 Å². The number of hydrogen-bond donors (Lipinski definition) is 1. The summed E-state index contributed by atoms with van der Waals surface area (Å²) in [7, 11) is 0. The maximum absolute atomic E-state index is 6.10. The molecule has 1 rings (SSSR count). The van der Waals surface area contributed by atoms with Crippen molar-refractivity contribution in [1.82, 2.24) is 5.32 Å². The van der Waals surface area contributed by atoms with E-state index in [4.69, 9.17) is 4.74 Å². The standard InChI is InChI=1S/C14H29NO/c1-11(2)16-12-7-8-15-10-13(3,4)9-14(12,5)6/h11-12,15H,7-10H2,1-6H3.